The van der Waals surface area contributed by atoms with Crippen LogP contribution in [-0.2, 0) is 24.5 Å². The van der Waals surface area contributed by atoms with E-state index >= 15 is 0 Å². The van der Waals surface area contributed by atoms with E-state index in [1.165, 1.54) is 18.2 Å². The summed E-state index contributed by atoms with van der Waals surface area (Å²) in [6.45, 7) is 4.22. The molecule has 0 spiro atoms. The Labute approximate surface area is 252 Å². The first-order chi connectivity index (χ1) is 20.9. The Bertz CT molecular complexity index is 1540. The average Bonchev–Trinajstić information content (AvgIpc) is 3.05. The third-order valence-electron chi connectivity index (χ3n) is 8.57. The summed E-state index contributed by atoms with van der Waals surface area (Å²) >= 11 is 0. The molecule has 3 aromatic carbocycles. The first-order valence-corrected chi connectivity index (χ1v) is 14.4. The molecule has 1 atom stereocenters. The lowest BCUT2D eigenvalue weighted by Gasteiger charge is -2.43. The molecule has 0 aromatic heterocycles. The fraction of sp³-hybridized carbons (Fsp3) is 0.286. The highest BCUT2D eigenvalue weighted by molar-refractivity contribution is 5.99. The number of carbonyl (C=O) groups is 2. The third-order valence-corrected chi connectivity index (χ3v) is 8.57. The molecule has 0 radical (unpaired) electrons. The van der Waals surface area contributed by atoms with Gasteiger partial charge in [0.05, 0.1) is 35.8 Å². The largest absolute Gasteiger partial charge is 0.466 e. The second kappa shape index (κ2) is 13.0. The van der Waals surface area contributed by atoms with Crippen LogP contribution in [0.1, 0.15) is 47.9 Å². The normalized spacial score (nSPS) is 18.4. The molecular weight excluding hydrogens is 540 g/mol. The highest BCUT2D eigenvalue weighted by atomic mass is 16.5. The highest BCUT2D eigenvalue weighted by Crippen LogP contribution is 2.42. The Morgan fingerprint density at radius 1 is 0.953 bits per heavy atom. The van der Waals surface area contributed by atoms with Crippen molar-refractivity contribution < 1.29 is 19.1 Å². The fourth-order valence-corrected chi connectivity index (χ4v) is 6.34. The van der Waals surface area contributed by atoms with Gasteiger partial charge in [-0.1, -0.05) is 72.8 Å². The average molecular weight is 577 g/mol. The Kier molecular flexibility index (Phi) is 8.93. The number of dihydropyridines is 1. The minimum atomic E-state index is -0.846. The molecule has 2 aliphatic rings. The summed E-state index contributed by atoms with van der Waals surface area (Å²) in [5.74, 6) is -1.96. The summed E-state index contributed by atoms with van der Waals surface area (Å²) in [6.07, 6.45) is 1.90. The molecule has 8 nitrogen and oxygen atoms in total. The summed E-state index contributed by atoms with van der Waals surface area (Å²) in [4.78, 5) is 28.8. The van der Waals surface area contributed by atoms with Crippen molar-refractivity contribution in [1.82, 2.24) is 10.2 Å². The van der Waals surface area contributed by atoms with Crippen LogP contribution in [0.25, 0.3) is 0 Å². The van der Waals surface area contributed by atoms with Gasteiger partial charge in [0.1, 0.15) is 12.4 Å². The number of ether oxygens (including phenoxy) is 2. The number of likely N-dealkylation sites (tertiary alicyclic amines) is 1. The van der Waals surface area contributed by atoms with Gasteiger partial charge in [0.15, 0.2) is 0 Å². The number of nitrogens with one attached hydrogen (secondary N) is 1. The molecule has 5 rings (SSSR count). The second-order valence-corrected chi connectivity index (χ2v) is 10.9. The highest BCUT2D eigenvalue weighted by Gasteiger charge is 2.40. The van der Waals surface area contributed by atoms with Gasteiger partial charge in [-0.15, -0.1) is 0 Å². The Hall–Kier alpha value is -4.87. The molecule has 0 aliphatic carbocycles. The maximum absolute atomic E-state index is 13.6. The number of rotatable bonds is 8. The molecule has 0 bridgehead atoms. The fourth-order valence-electron chi connectivity index (χ4n) is 6.34. The lowest BCUT2D eigenvalue weighted by Crippen LogP contribution is -2.44. The maximum Gasteiger partial charge on any atom is 0.338 e. The van der Waals surface area contributed by atoms with E-state index < -0.39 is 17.9 Å². The summed E-state index contributed by atoms with van der Waals surface area (Å²) in [6, 6.07) is 30.2. The summed E-state index contributed by atoms with van der Waals surface area (Å²) in [7, 11) is 1.26. The smallest absolute Gasteiger partial charge is 0.338 e. The van der Waals surface area contributed by atoms with Gasteiger partial charge in [0, 0.05) is 17.7 Å². The number of hydrogen-bond donors (Lipinski definition) is 2. The quantitative estimate of drug-likeness (QED) is 0.377. The van der Waals surface area contributed by atoms with E-state index in [1.807, 2.05) is 12.1 Å². The topological polar surface area (TPSA) is 118 Å². The van der Waals surface area contributed by atoms with E-state index in [-0.39, 0.29) is 29.0 Å². The van der Waals surface area contributed by atoms with Gasteiger partial charge in [0.2, 0.25) is 0 Å². The number of carbonyl (C=O) groups excluding carboxylic acids is 2. The van der Waals surface area contributed by atoms with Gasteiger partial charge in [-0.3, -0.25) is 4.90 Å². The molecule has 8 heteroatoms. The maximum atomic E-state index is 13.6. The molecule has 43 heavy (non-hydrogen) atoms. The number of methoxy groups -OCH3 is 1. The molecule has 220 valence electrons. The van der Waals surface area contributed by atoms with Crippen LogP contribution in [0.15, 0.2) is 108 Å². The standard InChI is InChI=1S/C35H36N4O4/c1-24-29(30(26-11-9-10-25(22-26)23-36)31(32(37)38-24)33(40)42-2)34(41)43-21-20-39-18-16-35(17-19-39,27-12-5-3-6-13-27)28-14-7-4-8-15-28/h3-15,22,30,38H,16-21,37H2,1-2H3. The minimum absolute atomic E-state index is 0.0624. The van der Waals surface area contributed by atoms with Gasteiger partial charge >= 0.3 is 11.9 Å². The molecule has 2 aliphatic heterocycles. The van der Waals surface area contributed by atoms with E-state index in [0.29, 0.717) is 23.4 Å². The predicted molar refractivity (Wildman–Crippen MR) is 163 cm³/mol. The number of nitriles is 1. The molecular formula is C35H36N4O4. The zero-order chi connectivity index (χ0) is 30.4. The Morgan fingerprint density at radius 3 is 2.16 bits per heavy atom. The van der Waals surface area contributed by atoms with Crippen LogP contribution in [-0.4, -0.2) is 50.2 Å². The molecule has 0 amide bonds. The number of hydrogen-bond acceptors (Lipinski definition) is 8. The molecule has 1 unspecified atom stereocenters. The van der Waals surface area contributed by atoms with E-state index in [4.69, 9.17) is 15.2 Å². The van der Waals surface area contributed by atoms with Crippen molar-refractivity contribution in [3.05, 3.63) is 130 Å². The number of allylic oxidation sites excluding steroid dienone is 1. The summed E-state index contributed by atoms with van der Waals surface area (Å²) in [5.41, 5.74) is 10.6. The van der Waals surface area contributed by atoms with Crippen LogP contribution in [0.3, 0.4) is 0 Å². The molecule has 1 saturated heterocycles. The minimum Gasteiger partial charge on any atom is -0.466 e. The monoisotopic (exact) mass is 576 g/mol. The molecule has 0 saturated carbocycles. The van der Waals surface area contributed by atoms with Crippen molar-refractivity contribution in [2.45, 2.75) is 31.1 Å². The van der Waals surface area contributed by atoms with E-state index in [1.54, 1.807) is 31.2 Å². The van der Waals surface area contributed by atoms with E-state index in [2.05, 4.69) is 64.8 Å². The third kappa shape index (κ3) is 6.04. The van der Waals surface area contributed by atoms with Crippen LogP contribution in [0.2, 0.25) is 0 Å². The number of piperidine rings is 1. The molecule has 1 fully saturated rings. The van der Waals surface area contributed by atoms with Gasteiger partial charge in [-0.2, -0.15) is 5.26 Å². The Morgan fingerprint density at radius 2 is 1.58 bits per heavy atom. The van der Waals surface area contributed by atoms with Crippen LogP contribution in [0.4, 0.5) is 0 Å². The van der Waals surface area contributed by atoms with Crippen molar-refractivity contribution in [1.29, 1.82) is 5.26 Å². The van der Waals surface area contributed by atoms with Crippen LogP contribution in [0, 0.1) is 11.3 Å². The summed E-state index contributed by atoms with van der Waals surface area (Å²) in [5, 5.41) is 12.4. The first kappa shape index (κ1) is 29.6. The number of nitrogens with two attached hydrogens (primary N) is 1. The van der Waals surface area contributed by atoms with Gasteiger partial charge in [0.25, 0.3) is 0 Å². The van der Waals surface area contributed by atoms with Crippen molar-refractivity contribution in [2.75, 3.05) is 33.4 Å². The Balaban J connectivity index is 1.29. The van der Waals surface area contributed by atoms with Crippen molar-refractivity contribution >= 4 is 11.9 Å². The molecule has 2 heterocycles. The zero-order valence-corrected chi connectivity index (χ0v) is 24.5. The van der Waals surface area contributed by atoms with Crippen LogP contribution < -0.4 is 11.1 Å². The van der Waals surface area contributed by atoms with Crippen LogP contribution in [0.5, 0.6) is 0 Å². The predicted octanol–water partition coefficient (Wildman–Crippen LogP) is 4.49. The lowest BCUT2D eigenvalue weighted by molar-refractivity contribution is -0.140. The number of nitrogens with zero attached hydrogens (tertiary/aromatic N) is 2. The van der Waals surface area contributed by atoms with Gasteiger partial charge < -0.3 is 20.5 Å². The summed E-state index contributed by atoms with van der Waals surface area (Å²) < 4.78 is 10.8. The SMILES string of the molecule is COC(=O)C1=C(N)NC(C)=C(C(=O)OCCN2CCC(c3ccccc3)(c3ccccc3)CC2)C1c1cccc(C#N)c1. The van der Waals surface area contributed by atoms with E-state index in [0.717, 1.165) is 25.9 Å². The number of esters is 2. The zero-order valence-electron chi connectivity index (χ0n) is 24.5. The first-order valence-electron chi connectivity index (χ1n) is 14.4. The second-order valence-electron chi connectivity index (χ2n) is 10.9. The lowest BCUT2D eigenvalue weighted by atomic mass is 9.68. The van der Waals surface area contributed by atoms with Crippen molar-refractivity contribution in [3.63, 3.8) is 0 Å². The molecule has 3 aromatic rings. The molecule has 3 N–H and O–H groups in total. The van der Waals surface area contributed by atoms with Gasteiger partial charge in [-0.05, 0) is 61.7 Å². The number of benzene rings is 3. The van der Waals surface area contributed by atoms with Crippen molar-refractivity contribution in [2.24, 2.45) is 5.73 Å². The van der Waals surface area contributed by atoms with Crippen LogP contribution >= 0.6 is 0 Å². The van der Waals surface area contributed by atoms with Gasteiger partial charge in [-0.25, -0.2) is 9.59 Å². The van der Waals surface area contributed by atoms with Crippen molar-refractivity contribution in [3.8, 4) is 6.07 Å². The van der Waals surface area contributed by atoms with E-state index in [9.17, 15) is 14.9 Å².